The first-order chi connectivity index (χ1) is 16.8. The number of amides is 2. The number of halogens is 1. The lowest BCUT2D eigenvalue weighted by atomic mass is 9.70. The van der Waals surface area contributed by atoms with E-state index in [1.807, 2.05) is 6.92 Å². The van der Waals surface area contributed by atoms with Gasteiger partial charge in [0.25, 0.3) is 0 Å². The monoisotopic (exact) mass is 554 g/mol. The minimum absolute atomic E-state index is 0.178. The second-order valence-electron chi connectivity index (χ2n) is 9.68. The van der Waals surface area contributed by atoms with Crippen molar-refractivity contribution in [1.82, 2.24) is 9.80 Å². The number of esters is 1. The Morgan fingerprint density at radius 1 is 1.34 bits per heavy atom. The van der Waals surface area contributed by atoms with Gasteiger partial charge >= 0.3 is 5.97 Å². The molecule has 0 aromatic heterocycles. The fraction of sp³-hybridized carbons (Fsp3) is 0.731. The lowest BCUT2D eigenvalue weighted by Crippen LogP contribution is -2.59. The van der Waals surface area contributed by atoms with E-state index in [9.17, 15) is 19.5 Å². The largest absolute Gasteiger partial charge is 0.465 e. The topological polar surface area (TPSA) is 96.4 Å². The summed E-state index contributed by atoms with van der Waals surface area (Å²) in [6.45, 7) is 12.2. The summed E-state index contributed by atoms with van der Waals surface area (Å²) in [7, 11) is 0. The molecule has 3 aliphatic rings. The van der Waals surface area contributed by atoms with Gasteiger partial charge in [-0.05, 0) is 25.7 Å². The van der Waals surface area contributed by atoms with Gasteiger partial charge in [-0.25, -0.2) is 0 Å². The predicted molar refractivity (Wildman–Crippen MR) is 136 cm³/mol. The summed E-state index contributed by atoms with van der Waals surface area (Å²) in [4.78, 5) is 44.3. The summed E-state index contributed by atoms with van der Waals surface area (Å²) in [5, 5.41) is 10.1. The van der Waals surface area contributed by atoms with Crippen molar-refractivity contribution in [2.75, 3.05) is 26.3 Å². The third kappa shape index (κ3) is 4.96. The van der Waals surface area contributed by atoms with Crippen molar-refractivity contribution in [1.29, 1.82) is 0 Å². The number of ether oxygens (including phenoxy) is 2. The van der Waals surface area contributed by atoms with Gasteiger partial charge in [-0.2, -0.15) is 0 Å². The van der Waals surface area contributed by atoms with Gasteiger partial charge in [0, 0.05) is 17.9 Å². The fourth-order valence-corrected chi connectivity index (χ4v) is 6.88. The average molecular weight is 556 g/mol. The third-order valence-corrected chi connectivity index (χ3v) is 8.41. The number of rotatable bonds is 14. The number of carbonyl (C=O) groups is 3. The molecule has 1 N–H and O–H groups in total. The molecule has 2 bridgehead atoms. The van der Waals surface area contributed by atoms with Crippen LogP contribution < -0.4 is 0 Å². The fourth-order valence-electron chi connectivity index (χ4n) is 5.94. The zero-order chi connectivity index (χ0) is 25.8. The Bertz CT molecular complexity index is 818. The van der Waals surface area contributed by atoms with Gasteiger partial charge in [0.15, 0.2) is 0 Å². The Hall–Kier alpha value is -1.71. The van der Waals surface area contributed by atoms with Gasteiger partial charge in [0.2, 0.25) is 11.8 Å². The molecule has 3 heterocycles. The minimum atomic E-state index is -1.15. The highest BCUT2D eigenvalue weighted by Gasteiger charge is 2.77. The molecule has 2 amide bonds. The van der Waals surface area contributed by atoms with Crippen LogP contribution in [0.4, 0.5) is 0 Å². The van der Waals surface area contributed by atoms with E-state index in [0.717, 1.165) is 19.3 Å². The summed E-state index contributed by atoms with van der Waals surface area (Å²) in [5.74, 6) is -2.66. The molecule has 35 heavy (non-hydrogen) atoms. The van der Waals surface area contributed by atoms with E-state index < -0.39 is 41.6 Å². The standard InChI is InChI=1S/C26H39BrN2O6/c1-5-9-11-13-28(12-7-3)24(32)22-26-15-18(27)21(35-26)19(25(33)34-14-10-6-2)20(26)23(31)29(22)17(8-4)16-30/h6-7,17-22,30H,2-3,5,8-16H2,1,4H3/t17-,18?,19-,20-,21-,22?,26?/m0/s1. The number of hydrogen-bond acceptors (Lipinski definition) is 6. The number of hydrogen-bond donors (Lipinski definition) is 1. The van der Waals surface area contributed by atoms with Crippen LogP contribution in [0.2, 0.25) is 0 Å². The van der Waals surface area contributed by atoms with Crippen LogP contribution in [0.3, 0.4) is 0 Å². The molecule has 7 atom stereocenters. The van der Waals surface area contributed by atoms with Gasteiger partial charge in [0.05, 0.1) is 37.2 Å². The van der Waals surface area contributed by atoms with Crippen LogP contribution in [-0.4, -0.2) is 87.6 Å². The van der Waals surface area contributed by atoms with E-state index in [0.29, 0.717) is 32.4 Å². The average Bonchev–Trinajstić information content (AvgIpc) is 3.43. The maximum Gasteiger partial charge on any atom is 0.312 e. The van der Waals surface area contributed by atoms with E-state index in [1.165, 1.54) is 4.90 Å². The van der Waals surface area contributed by atoms with E-state index >= 15 is 0 Å². The highest BCUT2D eigenvalue weighted by molar-refractivity contribution is 9.09. The zero-order valence-corrected chi connectivity index (χ0v) is 22.5. The Morgan fingerprint density at radius 2 is 2.09 bits per heavy atom. The second kappa shape index (κ2) is 12.0. The number of carbonyl (C=O) groups excluding carboxylic acids is 3. The van der Waals surface area contributed by atoms with Crippen LogP contribution in [0.15, 0.2) is 25.3 Å². The van der Waals surface area contributed by atoms with E-state index in [-0.39, 0.29) is 29.9 Å². The lowest BCUT2D eigenvalue weighted by molar-refractivity contribution is -0.156. The van der Waals surface area contributed by atoms with Crippen molar-refractivity contribution in [3.8, 4) is 0 Å². The highest BCUT2D eigenvalue weighted by atomic mass is 79.9. The molecule has 0 saturated carbocycles. The Labute approximate surface area is 216 Å². The number of nitrogens with zero attached hydrogens (tertiary/aromatic N) is 2. The molecule has 3 aliphatic heterocycles. The van der Waals surface area contributed by atoms with Crippen molar-refractivity contribution in [2.24, 2.45) is 11.8 Å². The highest BCUT2D eigenvalue weighted by Crippen LogP contribution is 2.60. The second-order valence-corrected chi connectivity index (χ2v) is 10.9. The lowest BCUT2D eigenvalue weighted by Gasteiger charge is -2.39. The van der Waals surface area contributed by atoms with Gasteiger partial charge in [-0.15, -0.1) is 13.2 Å². The molecule has 1 spiro atoms. The molecule has 3 unspecified atom stereocenters. The number of fused-ring (bicyclic) bond motifs is 1. The van der Waals surface area contributed by atoms with Gasteiger partial charge < -0.3 is 24.4 Å². The van der Waals surface area contributed by atoms with Crippen molar-refractivity contribution in [3.05, 3.63) is 25.3 Å². The molecule has 0 aliphatic carbocycles. The Morgan fingerprint density at radius 3 is 2.69 bits per heavy atom. The number of aliphatic hydroxyl groups is 1. The summed E-state index contributed by atoms with van der Waals surface area (Å²) in [5.41, 5.74) is -1.15. The molecule has 3 saturated heterocycles. The van der Waals surface area contributed by atoms with E-state index in [1.54, 1.807) is 17.1 Å². The zero-order valence-electron chi connectivity index (χ0n) is 20.9. The molecule has 8 nitrogen and oxygen atoms in total. The molecule has 0 aromatic rings. The van der Waals surface area contributed by atoms with Crippen LogP contribution in [-0.2, 0) is 23.9 Å². The van der Waals surface area contributed by atoms with Gasteiger partial charge in [0.1, 0.15) is 11.6 Å². The maximum atomic E-state index is 14.1. The van der Waals surface area contributed by atoms with Crippen LogP contribution in [0.5, 0.6) is 0 Å². The van der Waals surface area contributed by atoms with Crippen molar-refractivity contribution < 1.29 is 29.0 Å². The quantitative estimate of drug-likeness (QED) is 0.153. The summed E-state index contributed by atoms with van der Waals surface area (Å²) in [6.07, 6.45) is 7.04. The van der Waals surface area contributed by atoms with Crippen LogP contribution in [0.25, 0.3) is 0 Å². The predicted octanol–water partition coefficient (Wildman–Crippen LogP) is 2.83. The van der Waals surface area contributed by atoms with Crippen molar-refractivity contribution in [2.45, 2.75) is 81.0 Å². The number of alkyl halides is 1. The molecule has 9 heteroatoms. The number of unbranched alkanes of at least 4 members (excludes halogenated alkanes) is 2. The first kappa shape index (κ1) is 27.9. The Balaban J connectivity index is 2.02. The number of aliphatic hydroxyl groups excluding tert-OH is 1. The maximum absolute atomic E-state index is 14.1. The van der Waals surface area contributed by atoms with Gasteiger partial charge in [-0.1, -0.05) is 54.8 Å². The number of likely N-dealkylation sites (tertiary alicyclic amines) is 1. The minimum Gasteiger partial charge on any atom is -0.465 e. The normalized spacial score (nSPS) is 31.8. The van der Waals surface area contributed by atoms with Crippen LogP contribution >= 0.6 is 15.9 Å². The summed E-state index contributed by atoms with van der Waals surface area (Å²) >= 11 is 3.65. The molecule has 0 aromatic carbocycles. The molecule has 3 fully saturated rings. The molecular weight excluding hydrogens is 516 g/mol. The summed E-state index contributed by atoms with van der Waals surface area (Å²) in [6, 6.07) is -1.47. The molecule has 196 valence electrons. The third-order valence-electron chi connectivity index (χ3n) is 7.57. The van der Waals surface area contributed by atoms with Crippen LogP contribution in [0.1, 0.15) is 52.4 Å². The molecular formula is C26H39BrN2O6. The molecule has 0 radical (unpaired) electrons. The Kier molecular flexibility index (Phi) is 9.57. The van der Waals surface area contributed by atoms with E-state index in [4.69, 9.17) is 9.47 Å². The molecule has 3 rings (SSSR count). The SMILES string of the molecule is C=CCCOC(=O)[C@H]1[C@H]2C(=O)N([C@@H](CC)CO)C(C(=O)N(CC=C)CCCCC)C23CC(Br)[C@@H]1O3. The van der Waals surface area contributed by atoms with E-state index in [2.05, 4.69) is 36.0 Å². The van der Waals surface area contributed by atoms with Gasteiger partial charge in [-0.3, -0.25) is 14.4 Å². The van der Waals surface area contributed by atoms with Crippen LogP contribution in [0, 0.1) is 11.8 Å². The smallest absolute Gasteiger partial charge is 0.312 e. The van der Waals surface area contributed by atoms with Crippen molar-refractivity contribution in [3.63, 3.8) is 0 Å². The van der Waals surface area contributed by atoms with Crippen molar-refractivity contribution >= 4 is 33.7 Å². The first-order valence-corrected chi connectivity index (χ1v) is 13.7. The first-order valence-electron chi connectivity index (χ1n) is 12.7. The summed E-state index contributed by atoms with van der Waals surface area (Å²) < 4.78 is 12.0.